The molecule has 1 amide bonds. The molecule has 0 aromatic carbocycles. The van der Waals surface area contributed by atoms with Crippen LogP contribution in [-0.2, 0) is 9.53 Å². The van der Waals surface area contributed by atoms with Crippen LogP contribution in [0.1, 0.15) is 98.3 Å². The lowest BCUT2D eigenvalue weighted by atomic mass is 9.85. The van der Waals surface area contributed by atoms with Crippen molar-refractivity contribution in [2.45, 2.75) is 116 Å². The largest absolute Gasteiger partial charge is 0.444 e. The van der Waals surface area contributed by atoms with Crippen LogP contribution >= 0.6 is 0 Å². The Morgan fingerprint density at radius 3 is 2.08 bits per heavy atom. The van der Waals surface area contributed by atoms with Gasteiger partial charge >= 0.3 is 6.09 Å². The second-order valence-electron chi connectivity index (χ2n) is 8.93. The van der Waals surface area contributed by atoms with Gasteiger partial charge in [0.05, 0.1) is 0 Å². The first kappa shape index (κ1) is 20.3. The Morgan fingerprint density at radius 1 is 0.960 bits per heavy atom. The fraction of sp³-hybridized carbons (Fsp3) is 0.905. The van der Waals surface area contributed by atoms with E-state index in [2.05, 4.69) is 6.92 Å². The van der Waals surface area contributed by atoms with Crippen molar-refractivity contribution < 1.29 is 14.3 Å². The van der Waals surface area contributed by atoms with E-state index in [1.165, 1.54) is 32.1 Å². The van der Waals surface area contributed by atoms with E-state index in [-0.39, 0.29) is 24.1 Å². The number of hydrogen-bond acceptors (Lipinski definition) is 3. The molecule has 2 saturated heterocycles. The van der Waals surface area contributed by atoms with E-state index in [4.69, 9.17) is 4.74 Å². The Bertz CT molecular complexity index is 441. The van der Waals surface area contributed by atoms with E-state index in [0.29, 0.717) is 5.78 Å². The molecule has 0 aliphatic carbocycles. The molecule has 0 aromatic heterocycles. The topological polar surface area (TPSA) is 46.6 Å². The summed E-state index contributed by atoms with van der Waals surface area (Å²) in [4.78, 5) is 27.0. The first-order chi connectivity index (χ1) is 11.8. The summed E-state index contributed by atoms with van der Waals surface area (Å²) in [5, 5.41) is 0. The van der Waals surface area contributed by atoms with Gasteiger partial charge in [-0.3, -0.25) is 4.79 Å². The van der Waals surface area contributed by atoms with Gasteiger partial charge in [-0.15, -0.1) is 0 Å². The molecule has 0 aromatic rings. The molecule has 144 valence electrons. The summed E-state index contributed by atoms with van der Waals surface area (Å²) in [6.45, 7) is 7.94. The smallest absolute Gasteiger partial charge is 0.410 e. The lowest BCUT2D eigenvalue weighted by Gasteiger charge is -2.39. The standard InChI is InChI=1S/C21H37NO3/c1-5-6-7-8-9-10-11-19(23)16-14-17-12-13-18(15-16)22(17)20(24)25-21(2,3)4/h16-18H,5-15H2,1-4H3. The Kier molecular flexibility index (Phi) is 7.33. The Hall–Kier alpha value is -1.06. The summed E-state index contributed by atoms with van der Waals surface area (Å²) in [5.74, 6) is 0.586. The molecule has 2 bridgehead atoms. The van der Waals surface area contributed by atoms with Gasteiger partial charge in [-0.2, -0.15) is 0 Å². The molecule has 2 atom stereocenters. The van der Waals surface area contributed by atoms with Gasteiger partial charge < -0.3 is 9.64 Å². The minimum absolute atomic E-state index is 0.159. The minimum atomic E-state index is -0.457. The molecular formula is C21H37NO3. The highest BCUT2D eigenvalue weighted by Gasteiger charge is 2.46. The molecule has 2 unspecified atom stereocenters. The number of unbranched alkanes of at least 4 members (excludes halogenated alkanes) is 5. The molecular weight excluding hydrogens is 314 g/mol. The van der Waals surface area contributed by atoms with Gasteiger partial charge in [-0.25, -0.2) is 4.79 Å². The number of carbonyl (C=O) groups is 2. The molecule has 2 heterocycles. The zero-order chi connectivity index (χ0) is 18.4. The van der Waals surface area contributed by atoms with Crippen molar-refractivity contribution in [1.29, 1.82) is 0 Å². The van der Waals surface area contributed by atoms with Gasteiger partial charge in [0.25, 0.3) is 0 Å². The number of piperidine rings is 1. The van der Waals surface area contributed by atoms with Crippen LogP contribution in [-0.4, -0.2) is 34.5 Å². The van der Waals surface area contributed by atoms with E-state index >= 15 is 0 Å². The van der Waals surface area contributed by atoms with Crippen LogP contribution in [0.15, 0.2) is 0 Å². The Balaban J connectivity index is 1.77. The normalized spacial score (nSPS) is 25.9. The third-order valence-corrected chi connectivity index (χ3v) is 5.57. The number of hydrogen-bond donors (Lipinski definition) is 0. The third kappa shape index (κ3) is 6.00. The van der Waals surface area contributed by atoms with Crippen molar-refractivity contribution >= 4 is 11.9 Å². The lowest BCUT2D eigenvalue weighted by molar-refractivity contribution is -0.125. The third-order valence-electron chi connectivity index (χ3n) is 5.57. The molecule has 2 aliphatic heterocycles. The summed E-state index contributed by atoms with van der Waals surface area (Å²) in [7, 11) is 0. The summed E-state index contributed by atoms with van der Waals surface area (Å²) in [6.07, 6.45) is 11.6. The quantitative estimate of drug-likeness (QED) is 0.544. The second-order valence-corrected chi connectivity index (χ2v) is 8.93. The van der Waals surface area contributed by atoms with Gasteiger partial charge in [0.1, 0.15) is 11.4 Å². The molecule has 4 nitrogen and oxygen atoms in total. The van der Waals surface area contributed by atoms with Crippen LogP contribution in [0, 0.1) is 5.92 Å². The van der Waals surface area contributed by atoms with Crippen LogP contribution < -0.4 is 0 Å². The number of fused-ring (bicyclic) bond motifs is 2. The molecule has 0 saturated carbocycles. The first-order valence-corrected chi connectivity index (χ1v) is 10.4. The maximum absolute atomic E-state index is 12.6. The number of amides is 1. The molecule has 2 fully saturated rings. The fourth-order valence-corrected chi connectivity index (χ4v) is 4.34. The van der Waals surface area contributed by atoms with Crippen molar-refractivity contribution in [2.75, 3.05) is 0 Å². The van der Waals surface area contributed by atoms with Gasteiger partial charge in [0.15, 0.2) is 0 Å². The van der Waals surface area contributed by atoms with Gasteiger partial charge in [0, 0.05) is 24.4 Å². The van der Waals surface area contributed by atoms with Crippen molar-refractivity contribution in [2.24, 2.45) is 5.92 Å². The number of ketones is 1. The van der Waals surface area contributed by atoms with E-state index in [9.17, 15) is 9.59 Å². The average Bonchev–Trinajstić information content (AvgIpc) is 2.79. The highest BCUT2D eigenvalue weighted by atomic mass is 16.6. The average molecular weight is 352 g/mol. The van der Waals surface area contributed by atoms with Crippen molar-refractivity contribution in [3.63, 3.8) is 0 Å². The molecule has 4 heteroatoms. The predicted octanol–water partition coefficient (Wildman–Crippen LogP) is 5.48. The van der Waals surface area contributed by atoms with Crippen LogP contribution in [0.5, 0.6) is 0 Å². The van der Waals surface area contributed by atoms with Crippen molar-refractivity contribution in [3.8, 4) is 0 Å². The molecule has 0 N–H and O–H groups in total. The van der Waals surface area contributed by atoms with Crippen LogP contribution in [0.4, 0.5) is 4.79 Å². The SMILES string of the molecule is CCCCCCCCC(=O)C1CC2CCC(C1)N2C(=O)OC(C)(C)C. The summed E-state index contributed by atoms with van der Waals surface area (Å²) in [5.41, 5.74) is -0.457. The molecule has 25 heavy (non-hydrogen) atoms. The molecule has 2 rings (SSSR count). The number of carbonyl (C=O) groups excluding carboxylic acids is 2. The van der Waals surface area contributed by atoms with Gasteiger partial charge in [-0.1, -0.05) is 39.0 Å². The number of Topliss-reactive ketones (excluding diaryl/α,β-unsaturated/α-hetero) is 1. The van der Waals surface area contributed by atoms with E-state index in [1.54, 1.807) is 0 Å². The molecule has 0 spiro atoms. The zero-order valence-electron chi connectivity index (χ0n) is 16.7. The van der Waals surface area contributed by atoms with Crippen molar-refractivity contribution in [1.82, 2.24) is 4.90 Å². The minimum Gasteiger partial charge on any atom is -0.444 e. The van der Waals surface area contributed by atoms with Gasteiger partial charge in [-0.05, 0) is 52.9 Å². The Labute approximate surface area is 153 Å². The summed E-state index contributed by atoms with van der Waals surface area (Å²) < 4.78 is 5.57. The number of rotatable bonds is 8. The first-order valence-electron chi connectivity index (χ1n) is 10.4. The number of ether oxygens (including phenoxy) is 1. The predicted molar refractivity (Wildman–Crippen MR) is 101 cm³/mol. The van der Waals surface area contributed by atoms with Crippen LogP contribution in [0.3, 0.4) is 0 Å². The lowest BCUT2D eigenvalue weighted by Crippen LogP contribution is -2.49. The van der Waals surface area contributed by atoms with Crippen LogP contribution in [0.2, 0.25) is 0 Å². The summed E-state index contributed by atoms with van der Waals surface area (Å²) in [6, 6.07) is 0.402. The molecule has 2 aliphatic rings. The van der Waals surface area contributed by atoms with Crippen molar-refractivity contribution in [3.05, 3.63) is 0 Å². The zero-order valence-corrected chi connectivity index (χ0v) is 16.7. The highest BCUT2D eigenvalue weighted by molar-refractivity contribution is 5.81. The highest BCUT2D eigenvalue weighted by Crippen LogP contribution is 2.40. The fourth-order valence-electron chi connectivity index (χ4n) is 4.34. The number of nitrogens with zero attached hydrogens (tertiary/aromatic N) is 1. The van der Waals surface area contributed by atoms with E-state index in [0.717, 1.165) is 38.5 Å². The maximum Gasteiger partial charge on any atom is 0.410 e. The Morgan fingerprint density at radius 2 is 1.52 bits per heavy atom. The van der Waals surface area contributed by atoms with Crippen LogP contribution in [0.25, 0.3) is 0 Å². The van der Waals surface area contributed by atoms with E-state index < -0.39 is 5.60 Å². The summed E-state index contributed by atoms with van der Waals surface area (Å²) >= 11 is 0. The monoisotopic (exact) mass is 351 g/mol. The van der Waals surface area contributed by atoms with E-state index in [1.807, 2.05) is 25.7 Å². The molecule has 0 radical (unpaired) electrons. The van der Waals surface area contributed by atoms with Gasteiger partial charge in [0.2, 0.25) is 0 Å². The second kappa shape index (κ2) is 9.05. The maximum atomic E-state index is 12.6.